The van der Waals surface area contributed by atoms with E-state index in [-0.39, 0.29) is 0 Å². The van der Waals surface area contributed by atoms with Crippen molar-refractivity contribution in [1.82, 2.24) is 20.2 Å². The molecule has 0 aliphatic rings. The lowest BCUT2D eigenvalue weighted by molar-refractivity contribution is 0.467. The number of aliphatic hydroxyl groups excluding tert-OH is 1. The highest BCUT2D eigenvalue weighted by atomic mass is 32.1. The number of tetrazole rings is 1. The molecule has 0 atom stereocenters. The van der Waals surface area contributed by atoms with Gasteiger partial charge in [0.25, 0.3) is 0 Å². The van der Waals surface area contributed by atoms with Crippen LogP contribution in [0.3, 0.4) is 0 Å². The Morgan fingerprint density at radius 1 is 1.80 bits per heavy atom. The fraction of sp³-hybridized carbons (Fsp3) is 0.250. The maximum Gasteiger partial charge on any atom is 0.238 e. The van der Waals surface area contributed by atoms with E-state index in [1.807, 2.05) is 0 Å². The standard InChI is InChI=1S/C4H6N4OS/c9-3-1-2-8-4(10)5-6-7-8/h1,3,9H,2H2,(H,5,7,10). The highest BCUT2D eigenvalue weighted by Gasteiger charge is 1.88. The Morgan fingerprint density at radius 2 is 2.60 bits per heavy atom. The Kier molecular flexibility index (Phi) is 2.16. The summed E-state index contributed by atoms with van der Waals surface area (Å²) in [5, 5.41) is 17.8. The van der Waals surface area contributed by atoms with Gasteiger partial charge in [-0.3, -0.25) is 0 Å². The van der Waals surface area contributed by atoms with Crippen molar-refractivity contribution in [2.45, 2.75) is 6.54 Å². The van der Waals surface area contributed by atoms with E-state index in [0.717, 1.165) is 6.26 Å². The monoisotopic (exact) mass is 158 g/mol. The Morgan fingerprint density at radius 3 is 3.10 bits per heavy atom. The van der Waals surface area contributed by atoms with Crippen molar-refractivity contribution in [3.63, 3.8) is 0 Å². The molecule has 1 heterocycles. The van der Waals surface area contributed by atoms with Crippen LogP contribution in [0.2, 0.25) is 0 Å². The second-order valence-electron chi connectivity index (χ2n) is 1.58. The van der Waals surface area contributed by atoms with Crippen LogP contribution in [-0.4, -0.2) is 25.3 Å². The van der Waals surface area contributed by atoms with Gasteiger partial charge in [0.05, 0.1) is 12.8 Å². The van der Waals surface area contributed by atoms with E-state index in [1.54, 1.807) is 0 Å². The maximum atomic E-state index is 8.27. The summed E-state index contributed by atoms with van der Waals surface area (Å²) in [4.78, 5) is 0. The number of nitrogens with zero attached hydrogens (tertiary/aromatic N) is 3. The number of rotatable bonds is 2. The van der Waals surface area contributed by atoms with Crippen LogP contribution in [0.15, 0.2) is 12.3 Å². The van der Waals surface area contributed by atoms with Crippen LogP contribution in [0.1, 0.15) is 0 Å². The van der Waals surface area contributed by atoms with E-state index in [4.69, 9.17) is 17.3 Å². The van der Waals surface area contributed by atoms with E-state index in [0.29, 0.717) is 11.3 Å². The number of aromatic nitrogens is 4. The summed E-state index contributed by atoms with van der Waals surface area (Å²) in [6.07, 6.45) is 2.47. The third kappa shape index (κ3) is 1.41. The summed E-state index contributed by atoms with van der Waals surface area (Å²) in [5.74, 6) is 0. The largest absolute Gasteiger partial charge is 0.516 e. The van der Waals surface area contributed by atoms with Crippen molar-refractivity contribution in [3.05, 3.63) is 17.1 Å². The molecule has 0 radical (unpaired) electrons. The zero-order valence-corrected chi connectivity index (χ0v) is 5.88. The number of nitrogens with one attached hydrogen (secondary N) is 1. The van der Waals surface area contributed by atoms with Crippen LogP contribution in [-0.2, 0) is 6.54 Å². The number of allylic oxidation sites excluding steroid dienone is 1. The predicted octanol–water partition coefficient (Wildman–Crippen LogP) is 0.407. The summed E-state index contributed by atoms with van der Waals surface area (Å²) in [7, 11) is 0. The molecule has 0 spiro atoms. The fourth-order valence-corrected chi connectivity index (χ4v) is 0.644. The van der Waals surface area contributed by atoms with Gasteiger partial charge in [-0.15, -0.1) is 0 Å². The van der Waals surface area contributed by atoms with Gasteiger partial charge in [-0.05, 0) is 18.3 Å². The van der Waals surface area contributed by atoms with Crippen molar-refractivity contribution in [1.29, 1.82) is 0 Å². The van der Waals surface area contributed by atoms with Crippen LogP contribution in [0.25, 0.3) is 0 Å². The summed E-state index contributed by atoms with van der Waals surface area (Å²) >= 11 is 4.74. The summed E-state index contributed by atoms with van der Waals surface area (Å²) in [6, 6.07) is 0. The number of aliphatic hydroxyl groups is 1. The Hall–Kier alpha value is -1.17. The van der Waals surface area contributed by atoms with Gasteiger partial charge in [-0.25, -0.2) is 4.68 Å². The quantitative estimate of drug-likeness (QED) is 0.483. The van der Waals surface area contributed by atoms with Gasteiger partial charge in [0.1, 0.15) is 0 Å². The molecule has 5 nitrogen and oxygen atoms in total. The first-order valence-electron chi connectivity index (χ1n) is 2.61. The molecule has 0 aliphatic heterocycles. The van der Waals surface area contributed by atoms with E-state index < -0.39 is 0 Å². The smallest absolute Gasteiger partial charge is 0.238 e. The number of hydrogen-bond acceptors (Lipinski definition) is 4. The molecule has 1 rings (SSSR count). The average Bonchev–Trinajstić information content (AvgIpc) is 2.31. The SMILES string of the molecule is OC=CCn1[nH]nnc1=S. The van der Waals surface area contributed by atoms with Gasteiger partial charge in [0.15, 0.2) is 0 Å². The first-order valence-corrected chi connectivity index (χ1v) is 3.02. The first-order chi connectivity index (χ1) is 4.84. The third-order valence-corrected chi connectivity index (χ3v) is 1.23. The second-order valence-corrected chi connectivity index (χ2v) is 1.94. The van der Waals surface area contributed by atoms with Crippen molar-refractivity contribution in [3.8, 4) is 0 Å². The van der Waals surface area contributed by atoms with Crippen molar-refractivity contribution < 1.29 is 5.11 Å². The number of hydrogen-bond donors (Lipinski definition) is 2. The maximum absolute atomic E-state index is 8.27. The lowest BCUT2D eigenvalue weighted by Crippen LogP contribution is -1.97. The molecule has 1 aromatic heterocycles. The minimum atomic E-state index is 0.373. The van der Waals surface area contributed by atoms with Gasteiger partial charge in [0, 0.05) is 0 Å². The molecule has 0 saturated carbocycles. The van der Waals surface area contributed by atoms with Gasteiger partial charge < -0.3 is 5.11 Å². The Labute approximate surface area is 62.0 Å². The molecule has 1 aromatic rings. The topological polar surface area (TPSA) is 66.7 Å². The van der Waals surface area contributed by atoms with Gasteiger partial charge in [-0.2, -0.15) is 5.21 Å². The van der Waals surface area contributed by atoms with Crippen molar-refractivity contribution in [2.75, 3.05) is 0 Å². The molecule has 0 aliphatic carbocycles. The molecular weight excluding hydrogens is 152 g/mol. The van der Waals surface area contributed by atoms with E-state index in [1.165, 1.54) is 10.8 Å². The summed E-state index contributed by atoms with van der Waals surface area (Å²) in [6.45, 7) is 0.461. The zero-order valence-electron chi connectivity index (χ0n) is 5.06. The first kappa shape index (κ1) is 6.94. The number of aromatic amines is 1. The molecule has 0 aromatic carbocycles. The highest BCUT2D eigenvalue weighted by molar-refractivity contribution is 7.71. The van der Waals surface area contributed by atoms with Crippen LogP contribution in [0, 0.1) is 4.77 Å². The molecule has 0 fully saturated rings. The molecule has 0 saturated heterocycles. The van der Waals surface area contributed by atoms with Crippen LogP contribution >= 0.6 is 12.2 Å². The Bertz CT molecular complexity index is 275. The molecular formula is C4H6N4OS. The summed E-state index contributed by atoms with van der Waals surface area (Å²) < 4.78 is 1.89. The highest BCUT2D eigenvalue weighted by Crippen LogP contribution is 1.82. The fourth-order valence-electron chi connectivity index (χ4n) is 0.487. The van der Waals surface area contributed by atoms with Crippen LogP contribution < -0.4 is 0 Å². The number of H-pyrrole nitrogens is 1. The van der Waals surface area contributed by atoms with E-state index in [9.17, 15) is 0 Å². The van der Waals surface area contributed by atoms with Crippen molar-refractivity contribution >= 4 is 12.2 Å². The van der Waals surface area contributed by atoms with E-state index in [2.05, 4.69) is 15.5 Å². The molecule has 0 bridgehead atoms. The lowest BCUT2D eigenvalue weighted by Gasteiger charge is -1.89. The van der Waals surface area contributed by atoms with Gasteiger partial charge in [0.2, 0.25) is 4.77 Å². The Balaban J connectivity index is 2.75. The summed E-state index contributed by atoms with van der Waals surface area (Å²) in [5.41, 5.74) is 0. The average molecular weight is 158 g/mol. The van der Waals surface area contributed by atoms with E-state index >= 15 is 0 Å². The lowest BCUT2D eigenvalue weighted by atomic mass is 10.6. The van der Waals surface area contributed by atoms with Crippen LogP contribution in [0.5, 0.6) is 0 Å². The predicted molar refractivity (Wildman–Crippen MR) is 37.0 cm³/mol. The molecule has 2 N–H and O–H groups in total. The molecule has 0 amide bonds. The normalized spacial score (nSPS) is 10.8. The van der Waals surface area contributed by atoms with Crippen LogP contribution in [0.4, 0.5) is 0 Å². The second kappa shape index (κ2) is 3.11. The minimum Gasteiger partial charge on any atom is -0.516 e. The minimum absolute atomic E-state index is 0.373. The molecule has 6 heteroatoms. The third-order valence-electron chi connectivity index (χ3n) is 0.925. The van der Waals surface area contributed by atoms with Crippen molar-refractivity contribution in [2.24, 2.45) is 0 Å². The van der Waals surface area contributed by atoms with Gasteiger partial charge >= 0.3 is 0 Å². The zero-order chi connectivity index (χ0) is 7.40. The molecule has 10 heavy (non-hydrogen) atoms. The molecule has 0 unspecified atom stereocenters. The van der Waals surface area contributed by atoms with Gasteiger partial charge in [-0.1, -0.05) is 10.3 Å². The molecule has 54 valence electrons.